The Hall–Kier alpha value is -1.68. The van der Waals surface area contributed by atoms with E-state index in [2.05, 4.69) is 17.0 Å². The molecule has 0 amide bonds. The molecule has 2 rings (SSSR count). The van der Waals surface area contributed by atoms with Gasteiger partial charge in [0.05, 0.1) is 5.69 Å². The fourth-order valence-electron chi connectivity index (χ4n) is 2.11. The Labute approximate surface area is 113 Å². The van der Waals surface area contributed by atoms with Gasteiger partial charge in [-0.25, -0.2) is 4.39 Å². The summed E-state index contributed by atoms with van der Waals surface area (Å²) in [5, 5.41) is 3.96. The highest BCUT2D eigenvalue weighted by Gasteiger charge is 2.16. The molecule has 0 aliphatic carbocycles. The zero-order valence-electron chi connectivity index (χ0n) is 11.8. The van der Waals surface area contributed by atoms with Gasteiger partial charge in [-0.2, -0.15) is 0 Å². The molecule has 0 bridgehead atoms. The summed E-state index contributed by atoms with van der Waals surface area (Å²) in [5.74, 6) is 0.653. The Morgan fingerprint density at radius 2 is 1.89 bits per heavy atom. The van der Waals surface area contributed by atoms with Crippen LogP contribution < -0.4 is 0 Å². The minimum Gasteiger partial charge on any atom is -0.361 e. The Morgan fingerprint density at radius 1 is 1.26 bits per heavy atom. The molecule has 1 aromatic carbocycles. The van der Waals surface area contributed by atoms with Crippen LogP contribution in [0, 0.1) is 19.7 Å². The van der Waals surface area contributed by atoms with Crippen molar-refractivity contribution in [3.63, 3.8) is 0 Å². The molecule has 0 radical (unpaired) electrons. The molecule has 2 aromatic rings. The van der Waals surface area contributed by atoms with Crippen molar-refractivity contribution in [1.29, 1.82) is 0 Å². The number of rotatable bonds is 4. The summed E-state index contributed by atoms with van der Waals surface area (Å²) >= 11 is 0. The van der Waals surface area contributed by atoms with Crippen LogP contribution in [-0.2, 0) is 6.54 Å². The van der Waals surface area contributed by atoms with Crippen molar-refractivity contribution >= 4 is 0 Å². The summed E-state index contributed by atoms with van der Waals surface area (Å²) in [7, 11) is 2.04. The average molecular weight is 262 g/mol. The molecule has 102 valence electrons. The van der Waals surface area contributed by atoms with E-state index in [4.69, 9.17) is 4.52 Å². The summed E-state index contributed by atoms with van der Waals surface area (Å²) in [5.41, 5.74) is 3.14. The Balaban J connectivity index is 2.11. The van der Waals surface area contributed by atoms with Crippen LogP contribution in [0.1, 0.15) is 35.5 Å². The number of hydrogen-bond donors (Lipinski definition) is 0. The molecule has 0 spiro atoms. The van der Waals surface area contributed by atoms with Crippen LogP contribution in [0.5, 0.6) is 0 Å². The van der Waals surface area contributed by atoms with Crippen molar-refractivity contribution in [3.05, 3.63) is 52.7 Å². The summed E-state index contributed by atoms with van der Waals surface area (Å²) in [4.78, 5) is 2.19. The third kappa shape index (κ3) is 3.01. The molecule has 0 fully saturated rings. The zero-order valence-corrected chi connectivity index (χ0v) is 11.8. The fraction of sp³-hybridized carbons (Fsp3) is 0.400. The lowest BCUT2D eigenvalue weighted by Gasteiger charge is -2.25. The van der Waals surface area contributed by atoms with Gasteiger partial charge in [0, 0.05) is 18.2 Å². The maximum atomic E-state index is 12.9. The van der Waals surface area contributed by atoms with E-state index in [1.54, 1.807) is 0 Å². The van der Waals surface area contributed by atoms with Gasteiger partial charge >= 0.3 is 0 Å². The molecule has 0 aliphatic heterocycles. The summed E-state index contributed by atoms with van der Waals surface area (Å²) < 4.78 is 18.1. The number of benzene rings is 1. The Morgan fingerprint density at radius 3 is 2.42 bits per heavy atom. The van der Waals surface area contributed by atoms with Crippen LogP contribution >= 0.6 is 0 Å². The van der Waals surface area contributed by atoms with E-state index in [0.717, 1.165) is 29.1 Å². The van der Waals surface area contributed by atoms with E-state index >= 15 is 0 Å². The second kappa shape index (κ2) is 5.53. The van der Waals surface area contributed by atoms with E-state index in [1.807, 2.05) is 33.0 Å². The van der Waals surface area contributed by atoms with Gasteiger partial charge in [0.2, 0.25) is 0 Å². The highest BCUT2D eigenvalue weighted by Crippen LogP contribution is 2.23. The van der Waals surface area contributed by atoms with Gasteiger partial charge in [-0.05, 0) is 45.5 Å². The number of aryl methyl sites for hydroxylation is 2. The van der Waals surface area contributed by atoms with Crippen molar-refractivity contribution in [1.82, 2.24) is 10.1 Å². The summed E-state index contributed by atoms with van der Waals surface area (Å²) in [6.45, 7) is 6.74. The lowest BCUT2D eigenvalue weighted by Crippen LogP contribution is -2.22. The maximum Gasteiger partial charge on any atom is 0.138 e. The van der Waals surface area contributed by atoms with Crippen molar-refractivity contribution < 1.29 is 8.91 Å². The lowest BCUT2D eigenvalue weighted by molar-refractivity contribution is 0.251. The number of nitrogens with zero attached hydrogens (tertiary/aromatic N) is 2. The first kappa shape index (κ1) is 13.7. The fourth-order valence-corrected chi connectivity index (χ4v) is 2.11. The van der Waals surface area contributed by atoms with Gasteiger partial charge in [0.1, 0.15) is 11.6 Å². The molecule has 19 heavy (non-hydrogen) atoms. The molecule has 1 heterocycles. The first-order valence-corrected chi connectivity index (χ1v) is 6.36. The van der Waals surface area contributed by atoms with Gasteiger partial charge in [0.25, 0.3) is 0 Å². The average Bonchev–Trinajstić information content (AvgIpc) is 2.70. The molecule has 0 aliphatic rings. The van der Waals surface area contributed by atoms with E-state index in [-0.39, 0.29) is 11.9 Å². The van der Waals surface area contributed by atoms with Gasteiger partial charge in [0.15, 0.2) is 0 Å². The van der Waals surface area contributed by atoms with Gasteiger partial charge in [-0.3, -0.25) is 4.90 Å². The first-order chi connectivity index (χ1) is 8.99. The smallest absolute Gasteiger partial charge is 0.138 e. The van der Waals surface area contributed by atoms with Crippen LogP contribution in [0.25, 0.3) is 0 Å². The normalized spacial score (nSPS) is 12.9. The van der Waals surface area contributed by atoms with Crippen LogP contribution in [-0.4, -0.2) is 17.1 Å². The van der Waals surface area contributed by atoms with Crippen LogP contribution in [0.3, 0.4) is 0 Å². The number of halogens is 1. The molecule has 0 saturated carbocycles. The van der Waals surface area contributed by atoms with E-state index < -0.39 is 0 Å². The highest BCUT2D eigenvalue weighted by atomic mass is 19.1. The Bertz CT molecular complexity index is 528. The zero-order chi connectivity index (χ0) is 14.0. The first-order valence-electron chi connectivity index (χ1n) is 6.36. The largest absolute Gasteiger partial charge is 0.361 e. The molecule has 1 aromatic heterocycles. The Kier molecular flexibility index (Phi) is 4.00. The predicted octanol–water partition coefficient (Wildman–Crippen LogP) is 3.62. The van der Waals surface area contributed by atoms with Crippen LogP contribution in [0.2, 0.25) is 0 Å². The van der Waals surface area contributed by atoms with Gasteiger partial charge in [-0.15, -0.1) is 0 Å². The quantitative estimate of drug-likeness (QED) is 0.842. The second-order valence-corrected chi connectivity index (χ2v) is 4.95. The van der Waals surface area contributed by atoms with Crippen molar-refractivity contribution in [2.75, 3.05) is 7.05 Å². The minimum absolute atomic E-state index is 0.203. The molecule has 3 nitrogen and oxygen atoms in total. The molecule has 0 saturated heterocycles. The number of hydrogen-bond acceptors (Lipinski definition) is 3. The summed E-state index contributed by atoms with van der Waals surface area (Å²) in [6, 6.07) is 6.84. The van der Waals surface area contributed by atoms with Crippen LogP contribution in [0.15, 0.2) is 28.8 Å². The lowest BCUT2D eigenvalue weighted by atomic mass is 10.1. The third-order valence-electron chi connectivity index (χ3n) is 3.60. The van der Waals surface area contributed by atoms with Gasteiger partial charge < -0.3 is 4.52 Å². The predicted molar refractivity (Wildman–Crippen MR) is 72.3 cm³/mol. The minimum atomic E-state index is -0.204. The topological polar surface area (TPSA) is 29.3 Å². The van der Waals surface area contributed by atoms with Crippen molar-refractivity contribution in [3.8, 4) is 0 Å². The third-order valence-corrected chi connectivity index (χ3v) is 3.60. The molecule has 1 atom stereocenters. The second-order valence-electron chi connectivity index (χ2n) is 4.95. The molecular formula is C15H19FN2O. The van der Waals surface area contributed by atoms with Crippen molar-refractivity contribution in [2.45, 2.75) is 33.4 Å². The molecule has 4 heteroatoms. The molecule has 1 unspecified atom stereocenters. The monoisotopic (exact) mass is 262 g/mol. The van der Waals surface area contributed by atoms with Crippen LogP contribution in [0.4, 0.5) is 4.39 Å². The van der Waals surface area contributed by atoms with Gasteiger partial charge in [-0.1, -0.05) is 17.3 Å². The van der Waals surface area contributed by atoms with E-state index in [9.17, 15) is 4.39 Å². The maximum absolute atomic E-state index is 12.9. The number of aromatic nitrogens is 1. The molecule has 0 N–H and O–H groups in total. The van der Waals surface area contributed by atoms with Crippen molar-refractivity contribution in [2.24, 2.45) is 0 Å². The SMILES string of the molecule is Cc1noc(C)c1CN(C)C(C)c1ccc(F)cc1. The van der Waals surface area contributed by atoms with E-state index in [1.165, 1.54) is 12.1 Å². The van der Waals surface area contributed by atoms with E-state index in [0.29, 0.717) is 0 Å². The molecular weight excluding hydrogens is 243 g/mol. The standard InChI is InChI=1S/C15H19FN2O/c1-10-15(12(3)19-17-10)9-18(4)11(2)13-5-7-14(16)8-6-13/h5-8,11H,9H2,1-4H3. The summed E-state index contributed by atoms with van der Waals surface area (Å²) in [6.07, 6.45) is 0. The highest BCUT2D eigenvalue weighted by molar-refractivity contribution is 5.22.